The molecule has 1 heterocycles. The van der Waals surface area contributed by atoms with Gasteiger partial charge in [0.25, 0.3) is 0 Å². The molecule has 2 aromatic carbocycles. The number of halogens is 1. The number of methoxy groups -OCH3 is 1. The van der Waals surface area contributed by atoms with Crippen molar-refractivity contribution in [2.24, 2.45) is 0 Å². The van der Waals surface area contributed by atoms with E-state index in [4.69, 9.17) is 4.74 Å². The molecule has 0 aliphatic heterocycles. The number of rotatable bonds is 5. The predicted molar refractivity (Wildman–Crippen MR) is 104 cm³/mol. The molecule has 3 aromatic rings. The fourth-order valence-electron chi connectivity index (χ4n) is 2.93. The van der Waals surface area contributed by atoms with Crippen molar-refractivity contribution in [3.63, 3.8) is 0 Å². The van der Waals surface area contributed by atoms with Crippen molar-refractivity contribution in [3.05, 3.63) is 63.8 Å². The molecule has 11 heteroatoms. The van der Waals surface area contributed by atoms with Crippen LogP contribution >= 0.6 is 0 Å². The summed E-state index contributed by atoms with van der Waals surface area (Å²) in [6, 6.07) is 7.37. The smallest absolute Gasteiger partial charge is 0.377 e. The fourth-order valence-corrected chi connectivity index (χ4v) is 2.93. The summed E-state index contributed by atoms with van der Waals surface area (Å²) in [6.07, 6.45) is 0. The first-order chi connectivity index (χ1) is 14.3. The van der Waals surface area contributed by atoms with E-state index in [9.17, 15) is 23.9 Å². The third-order valence-electron chi connectivity index (χ3n) is 4.44. The highest BCUT2D eigenvalue weighted by Gasteiger charge is 2.25. The molecular formula is C19H18FN5O5. The zero-order chi connectivity index (χ0) is 22.0. The lowest BCUT2D eigenvalue weighted by atomic mass is 10.1. The van der Waals surface area contributed by atoms with Crippen LogP contribution < -0.4 is 15.3 Å². The Kier molecular flexibility index (Phi) is 5.63. The van der Waals surface area contributed by atoms with E-state index in [-0.39, 0.29) is 23.5 Å². The highest BCUT2D eigenvalue weighted by Crippen LogP contribution is 2.24. The minimum Gasteiger partial charge on any atom is -0.494 e. The van der Waals surface area contributed by atoms with Crippen LogP contribution in [-0.4, -0.2) is 50.6 Å². The Labute approximate surface area is 169 Å². The predicted octanol–water partition coefficient (Wildman–Crippen LogP) is 2.08. The maximum absolute atomic E-state index is 14.3. The molecule has 0 aliphatic carbocycles. The zero-order valence-corrected chi connectivity index (χ0v) is 16.4. The molecular weight excluding hydrogens is 397 g/mol. The lowest BCUT2D eigenvalue weighted by Crippen LogP contribution is -2.41. The fraction of sp³-hybridized carbons (Fsp3) is 0.211. The summed E-state index contributed by atoms with van der Waals surface area (Å²) in [4.78, 5) is 38.3. The number of carbonyl (C=O) groups is 2. The average molecular weight is 415 g/mol. The van der Waals surface area contributed by atoms with Gasteiger partial charge in [0, 0.05) is 12.2 Å². The van der Waals surface area contributed by atoms with Crippen molar-refractivity contribution in [3.8, 4) is 11.4 Å². The molecule has 0 unspecified atom stereocenters. The number of anilines is 1. The van der Waals surface area contributed by atoms with Gasteiger partial charge in [0.15, 0.2) is 5.82 Å². The molecule has 0 atom stereocenters. The number of aromatic nitrogens is 4. The summed E-state index contributed by atoms with van der Waals surface area (Å²) in [6.45, 7) is 3.46. The molecule has 0 saturated carbocycles. The number of aromatic carboxylic acids is 1. The number of hydrogen-bond acceptors (Lipinski definition) is 6. The van der Waals surface area contributed by atoms with Crippen molar-refractivity contribution < 1.29 is 23.8 Å². The van der Waals surface area contributed by atoms with Gasteiger partial charge in [-0.1, -0.05) is 12.1 Å². The Morgan fingerprint density at radius 1 is 1.23 bits per heavy atom. The summed E-state index contributed by atoms with van der Waals surface area (Å²) in [7, 11) is 1.30. The highest BCUT2D eigenvalue weighted by molar-refractivity contribution is 5.96. The first kappa shape index (κ1) is 20.7. The number of carboxylic acids is 1. The van der Waals surface area contributed by atoms with Gasteiger partial charge in [-0.2, -0.15) is 4.68 Å². The van der Waals surface area contributed by atoms with Gasteiger partial charge in [-0.05, 0) is 54.1 Å². The molecule has 0 radical (unpaired) electrons. The third-order valence-corrected chi connectivity index (χ3v) is 4.44. The normalized spacial score (nSPS) is 10.7. The number of para-hydroxylation sites is 1. The first-order valence-corrected chi connectivity index (χ1v) is 8.83. The minimum absolute atomic E-state index is 0.0195. The van der Waals surface area contributed by atoms with Gasteiger partial charge in [-0.25, -0.2) is 18.8 Å². The maximum Gasteiger partial charge on any atom is 0.377 e. The largest absolute Gasteiger partial charge is 0.494 e. The quantitative estimate of drug-likeness (QED) is 0.634. The maximum atomic E-state index is 14.3. The summed E-state index contributed by atoms with van der Waals surface area (Å²) < 4.78 is 20.5. The van der Waals surface area contributed by atoms with Crippen LogP contribution in [0.15, 0.2) is 41.2 Å². The minimum atomic E-state index is -1.16. The summed E-state index contributed by atoms with van der Waals surface area (Å²) >= 11 is 0. The molecule has 0 saturated heterocycles. The van der Waals surface area contributed by atoms with Crippen LogP contribution in [0, 0.1) is 12.7 Å². The zero-order valence-electron chi connectivity index (χ0n) is 16.4. The number of aryl methyl sites for hydroxylation is 1. The molecule has 3 rings (SSSR count). The Morgan fingerprint density at radius 3 is 2.60 bits per heavy atom. The summed E-state index contributed by atoms with van der Waals surface area (Å²) in [5.41, 5.74) is -0.391. The number of carbonyl (C=O) groups excluding carboxylic acids is 1. The van der Waals surface area contributed by atoms with E-state index >= 15 is 0 Å². The molecule has 0 aliphatic rings. The number of tetrazole rings is 1. The van der Waals surface area contributed by atoms with Crippen LogP contribution in [0.4, 0.5) is 14.9 Å². The molecule has 10 nitrogen and oxygen atoms in total. The Morgan fingerprint density at radius 2 is 1.97 bits per heavy atom. The van der Waals surface area contributed by atoms with Gasteiger partial charge in [0.2, 0.25) is 0 Å². The molecule has 0 spiro atoms. The second-order valence-corrected chi connectivity index (χ2v) is 6.21. The van der Waals surface area contributed by atoms with Gasteiger partial charge in [-0.3, -0.25) is 4.90 Å². The monoisotopic (exact) mass is 415 g/mol. The van der Waals surface area contributed by atoms with Gasteiger partial charge in [0.1, 0.15) is 11.4 Å². The van der Waals surface area contributed by atoms with Crippen LogP contribution in [0.5, 0.6) is 5.75 Å². The molecule has 30 heavy (non-hydrogen) atoms. The van der Waals surface area contributed by atoms with Crippen LogP contribution in [0.1, 0.15) is 22.8 Å². The van der Waals surface area contributed by atoms with Crippen molar-refractivity contribution in [1.29, 1.82) is 0 Å². The van der Waals surface area contributed by atoms with Crippen LogP contribution in [0.3, 0.4) is 0 Å². The standard InChI is InChI=1S/C19H18FN5O5/c1-4-23(14-10-12(17(26)27)9-8-11(14)2)18(28)25-19(29)24(21-22-25)16-13(20)6-5-7-15(16)30-3/h5-10H,4H2,1-3H3,(H,26,27). The lowest BCUT2D eigenvalue weighted by molar-refractivity contribution is 0.0697. The lowest BCUT2D eigenvalue weighted by Gasteiger charge is -2.22. The van der Waals surface area contributed by atoms with Crippen molar-refractivity contribution in [2.75, 3.05) is 18.6 Å². The van der Waals surface area contributed by atoms with Crippen molar-refractivity contribution >= 4 is 17.7 Å². The Bertz CT molecular complexity index is 1190. The first-order valence-electron chi connectivity index (χ1n) is 8.83. The summed E-state index contributed by atoms with van der Waals surface area (Å²) in [5, 5.41) is 16.4. The van der Waals surface area contributed by atoms with Crippen LogP contribution in [0.25, 0.3) is 5.69 Å². The van der Waals surface area contributed by atoms with E-state index in [2.05, 4.69) is 10.4 Å². The van der Waals surface area contributed by atoms with E-state index in [0.29, 0.717) is 20.6 Å². The molecule has 156 valence electrons. The molecule has 1 N–H and O–H groups in total. The van der Waals surface area contributed by atoms with E-state index < -0.39 is 23.5 Å². The topological polar surface area (TPSA) is 120 Å². The average Bonchev–Trinajstić information content (AvgIpc) is 3.10. The van der Waals surface area contributed by atoms with E-state index in [1.54, 1.807) is 19.9 Å². The Balaban J connectivity index is 2.08. The van der Waals surface area contributed by atoms with Gasteiger partial charge < -0.3 is 9.84 Å². The van der Waals surface area contributed by atoms with Crippen molar-refractivity contribution in [2.45, 2.75) is 13.8 Å². The van der Waals surface area contributed by atoms with E-state index in [1.165, 1.54) is 36.3 Å². The molecule has 1 aromatic heterocycles. The number of ether oxygens (including phenoxy) is 1. The molecule has 0 bridgehead atoms. The van der Waals surface area contributed by atoms with Gasteiger partial charge in [0.05, 0.1) is 12.7 Å². The van der Waals surface area contributed by atoms with Gasteiger partial charge in [-0.15, -0.1) is 4.68 Å². The second-order valence-electron chi connectivity index (χ2n) is 6.21. The van der Waals surface area contributed by atoms with E-state index in [0.717, 1.165) is 6.07 Å². The number of carboxylic acid groups (broad SMARTS) is 1. The van der Waals surface area contributed by atoms with Crippen LogP contribution in [-0.2, 0) is 0 Å². The highest BCUT2D eigenvalue weighted by atomic mass is 19.1. The van der Waals surface area contributed by atoms with E-state index in [1.807, 2.05) is 0 Å². The SMILES string of the molecule is CCN(C(=O)n1nnn(-c2c(F)cccc2OC)c1=O)c1cc(C(=O)O)ccc1C. The molecule has 1 amide bonds. The number of benzene rings is 2. The Hall–Kier alpha value is -4.02. The summed E-state index contributed by atoms with van der Waals surface area (Å²) in [5.74, 6) is -1.91. The van der Waals surface area contributed by atoms with Crippen LogP contribution in [0.2, 0.25) is 0 Å². The third kappa shape index (κ3) is 3.52. The van der Waals surface area contributed by atoms with Crippen molar-refractivity contribution in [1.82, 2.24) is 19.8 Å². The number of nitrogens with zero attached hydrogens (tertiary/aromatic N) is 5. The number of amides is 1. The van der Waals surface area contributed by atoms with Gasteiger partial charge >= 0.3 is 17.7 Å². The second kappa shape index (κ2) is 8.15. The number of hydrogen-bond donors (Lipinski definition) is 1. The molecule has 0 fully saturated rings.